The Morgan fingerprint density at radius 1 is 1.35 bits per heavy atom. The molecule has 0 radical (unpaired) electrons. The third kappa shape index (κ3) is 2.79. The standard InChI is InChI=1S/C13H18ClN3/c1-10-15-12-9-11(14)5-6-13(12)17(10)8-4-7-16(2)3/h5-6,9H,4,7-8H2,1-3H3. The van der Waals surface area contributed by atoms with Crippen LogP contribution in [0, 0.1) is 6.92 Å². The van der Waals surface area contributed by atoms with Gasteiger partial charge in [-0.1, -0.05) is 11.6 Å². The third-order valence-electron chi connectivity index (χ3n) is 2.89. The Labute approximate surface area is 107 Å². The van der Waals surface area contributed by atoms with E-state index in [1.807, 2.05) is 25.1 Å². The minimum atomic E-state index is 0.746. The smallest absolute Gasteiger partial charge is 0.106 e. The lowest BCUT2D eigenvalue weighted by Crippen LogP contribution is -2.15. The first-order valence-electron chi connectivity index (χ1n) is 5.85. The van der Waals surface area contributed by atoms with Crippen LogP contribution in [0.2, 0.25) is 5.02 Å². The number of aryl methyl sites for hydroxylation is 2. The predicted octanol–water partition coefficient (Wildman–Crippen LogP) is 2.95. The fourth-order valence-corrected chi connectivity index (χ4v) is 2.22. The zero-order valence-corrected chi connectivity index (χ0v) is 11.3. The van der Waals surface area contributed by atoms with Gasteiger partial charge in [0.25, 0.3) is 0 Å². The molecule has 2 rings (SSSR count). The fraction of sp³-hybridized carbons (Fsp3) is 0.462. The van der Waals surface area contributed by atoms with Gasteiger partial charge in [-0.05, 0) is 52.2 Å². The lowest BCUT2D eigenvalue weighted by Gasteiger charge is -2.11. The summed E-state index contributed by atoms with van der Waals surface area (Å²) >= 11 is 5.97. The molecule has 17 heavy (non-hydrogen) atoms. The van der Waals surface area contributed by atoms with Gasteiger partial charge in [0.05, 0.1) is 11.0 Å². The quantitative estimate of drug-likeness (QED) is 0.833. The fourth-order valence-electron chi connectivity index (χ4n) is 2.05. The van der Waals surface area contributed by atoms with Crippen molar-refractivity contribution >= 4 is 22.6 Å². The highest BCUT2D eigenvalue weighted by Gasteiger charge is 2.07. The molecule has 3 nitrogen and oxygen atoms in total. The average molecular weight is 252 g/mol. The lowest BCUT2D eigenvalue weighted by atomic mass is 10.3. The van der Waals surface area contributed by atoms with E-state index in [-0.39, 0.29) is 0 Å². The summed E-state index contributed by atoms with van der Waals surface area (Å²) in [7, 11) is 4.19. The van der Waals surface area contributed by atoms with E-state index in [4.69, 9.17) is 11.6 Å². The van der Waals surface area contributed by atoms with Crippen LogP contribution in [0.1, 0.15) is 12.2 Å². The summed E-state index contributed by atoms with van der Waals surface area (Å²) in [5.41, 5.74) is 2.16. The summed E-state index contributed by atoms with van der Waals surface area (Å²) < 4.78 is 2.26. The van der Waals surface area contributed by atoms with Crippen LogP contribution in [0.25, 0.3) is 11.0 Å². The van der Waals surface area contributed by atoms with Crippen LogP contribution < -0.4 is 0 Å². The van der Waals surface area contributed by atoms with Crippen molar-refractivity contribution in [3.05, 3.63) is 29.0 Å². The molecule has 0 N–H and O–H groups in total. The molecule has 2 aromatic rings. The van der Waals surface area contributed by atoms with Crippen molar-refractivity contribution in [3.8, 4) is 0 Å². The van der Waals surface area contributed by atoms with E-state index in [0.29, 0.717) is 0 Å². The van der Waals surface area contributed by atoms with Crippen LogP contribution in [-0.2, 0) is 6.54 Å². The van der Waals surface area contributed by atoms with Gasteiger partial charge in [-0.25, -0.2) is 4.98 Å². The molecule has 0 aliphatic rings. The minimum absolute atomic E-state index is 0.746. The highest BCUT2D eigenvalue weighted by Crippen LogP contribution is 2.20. The lowest BCUT2D eigenvalue weighted by molar-refractivity contribution is 0.387. The zero-order valence-electron chi connectivity index (χ0n) is 10.6. The number of nitrogens with zero attached hydrogens (tertiary/aromatic N) is 3. The van der Waals surface area contributed by atoms with Gasteiger partial charge in [0.1, 0.15) is 5.82 Å². The maximum Gasteiger partial charge on any atom is 0.106 e. The summed E-state index contributed by atoms with van der Waals surface area (Å²) in [5.74, 6) is 1.06. The Bertz CT molecular complexity index is 517. The normalized spacial score (nSPS) is 11.6. The Kier molecular flexibility index (Phi) is 3.69. The molecule has 0 amide bonds. The number of hydrogen-bond donors (Lipinski definition) is 0. The van der Waals surface area contributed by atoms with Gasteiger partial charge in [-0.2, -0.15) is 0 Å². The van der Waals surface area contributed by atoms with Gasteiger partial charge in [0, 0.05) is 11.6 Å². The van der Waals surface area contributed by atoms with E-state index in [0.717, 1.165) is 35.9 Å². The van der Waals surface area contributed by atoms with E-state index in [1.165, 1.54) is 5.52 Å². The second-order valence-electron chi connectivity index (χ2n) is 4.60. The van der Waals surface area contributed by atoms with Crippen molar-refractivity contribution in [2.24, 2.45) is 0 Å². The number of rotatable bonds is 4. The van der Waals surface area contributed by atoms with Crippen LogP contribution in [-0.4, -0.2) is 35.1 Å². The predicted molar refractivity (Wildman–Crippen MR) is 72.7 cm³/mol. The Hall–Kier alpha value is -1.06. The summed E-state index contributed by atoms with van der Waals surface area (Å²) in [4.78, 5) is 6.74. The first-order valence-corrected chi connectivity index (χ1v) is 6.23. The SMILES string of the molecule is Cc1nc2cc(Cl)ccc2n1CCCN(C)C. The average Bonchev–Trinajstić information content (AvgIpc) is 2.54. The van der Waals surface area contributed by atoms with Crippen LogP contribution in [0.15, 0.2) is 18.2 Å². The van der Waals surface area contributed by atoms with Crippen molar-refractivity contribution < 1.29 is 0 Å². The van der Waals surface area contributed by atoms with E-state index in [9.17, 15) is 0 Å². The molecule has 1 aromatic heterocycles. The summed E-state index contributed by atoms with van der Waals surface area (Å²) in [6.45, 7) is 4.14. The number of fused-ring (bicyclic) bond motifs is 1. The molecular weight excluding hydrogens is 234 g/mol. The van der Waals surface area contributed by atoms with Gasteiger partial charge in [-0.15, -0.1) is 0 Å². The third-order valence-corrected chi connectivity index (χ3v) is 3.12. The molecular formula is C13H18ClN3. The molecule has 0 aliphatic heterocycles. The highest BCUT2D eigenvalue weighted by atomic mass is 35.5. The summed E-state index contributed by atoms with van der Waals surface area (Å²) in [6.07, 6.45) is 1.13. The van der Waals surface area contributed by atoms with E-state index >= 15 is 0 Å². The molecule has 0 saturated heterocycles. The van der Waals surface area contributed by atoms with Crippen LogP contribution in [0.4, 0.5) is 0 Å². The molecule has 0 unspecified atom stereocenters. The van der Waals surface area contributed by atoms with Gasteiger partial charge in [-0.3, -0.25) is 0 Å². The number of imidazole rings is 1. The molecule has 0 spiro atoms. The minimum Gasteiger partial charge on any atom is -0.328 e. The molecule has 1 aromatic carbocycles. The monoisotopic (exact) mass is 251 g/mol. The van der Waals surface area contributed by atoms with Gasteiger partial charge in [0.15, 0.2) is 0 Å². The number of hydrogen-bond acceptors (Lipinski definition) is 2. The first-order chi connectivity index (χ1) is 8.08. The number of halogens is 1. The van der Waals surface area contributed by atoms with Crippen LogP contribution in [0.3, 0.4) is 0 Å². The van der Waals surface area contributed by atoms with Crippen molar-refractivity contribution in [3.63, 3.8) is 0 Å². The summed E-state index contributed by atoms with van der Waals surface area (Å²) in [6, 6.07) is 5.90. The summed E-state index contributed by atoms with van der Waals surface area (Å²) in [5, 5.41) is 0.746. The Morgan fingerprint density at radius 3 is 2.82 bits per heavy atom. The maximum absolute atomic E-state index is 5.97. The second-order valence-corrected chi connectivity index (χ2v) is 5.04. The van der Waals surface area contributed by atoms with Crippen molar-refractivity contribution in [1.82, 2.24) is 14.5 Å². The molecule has 0 bridgehead atoms. The molecule has 1 heterocycles. The molecule has 0 atom stereocenters. The maximum atomic E-state index is 5.97. The van der Waals surface area contributed by atoms with Gasteiger partial charge in [0.2, 0.25) is 0 Å². The molecule has 0 fully saturated rings. The topological polar surface area (TPSA) is 21.1 Å². The van der Waals surface area contributed by atoms with Crippen LogP contribution in [0.5, 0.6) is 0 Å². The molecule has 92 valence electrons. The molecule has 0 aliphatic carbocycles. The van der Waals surface area contributed by atoms with E-state index in [1.54, 1.807) is 0 Å². The second kappa shape index (κ2) is 5.07. The Balaban J connectivity index is 2.24. The molecule has 4 heteroatoms. The van der Waals surface area contributed by atoms with Gasteiger partial charge < -0.3 is 9.47 Å². The van der Waals surface area contributed by atoms with Crippen molar-refractivity contribution in [1.29, 1.82) is 0 Å². The zero-order chi connectivity index (χ0) is 12.4. The van der Waals surface area contributed by atoms with Crippen LogP contribution >= 0.6 is 11.6 Å². The Morgan fingerprint density at radius 2 is 2.12 bits per heavy atom. The first kappa shape index (κ1) is 12.4. The number of benzene rings is 1. The van der Waals surface area contributed by atoms with Crippen molar-refractivity contribution in [2.75, 3.05) is 20.6 Å². The molecule has 0 saturated carbocycles. The largest absolute Gasteiger partial charge is 0.328 e. The number of aromatic nitrogens is 2. The highest BCUT2D eigenvalue weighted by molar-refractivity contribution is 6.31. The van der Waals surface area contributed by atoms with E-state index < -0.39 is 0 Å². The van der Waals surface area contributed by atoms with Crippen molar-refractivity contribution in [2.45, 2.75) is 19.9 Å². The van der Waals surface area contributed by atoms with Gasteiger partial charge >= 0.3 is 0 Å². The van der Waals surface area contributed by atoms with E-state index in [2.05, 4.69) is 28.5 Å².